The lowest BCUT2D eigenvalue weighted by atomic mass is 9.94. The molecular weight excluding hydrogens is 350 g/mol. The van der Waals surface area contributed by atoms with Gasteiger partial charge in [0, 0.05) is 37.2 Å². The molecule has 3 rings (SSSR count). The average Bonchev–Trinajstić information content (AvgIpc) is 3.43. The third-order valence-electron chi connectivity index (χ3n) is 5.58. The Balaban J connectivity index is 1.53. The normalized spacial score (nSPS) is 20.5. The molecule has 1 saturated heterocycles. The quantitative estimate of drug-likeness (QED) is 0.828. The highest BCUT2D eigenvalue weighted by atomic mass is 35.5. The van der Waals surface area contributed by atoms with Gasteiger partial charge in [-0.15, -0.1) is 0 Å². The average molecular weight is 378 g/mol. The Bertz CT molecular complexity index is 667. The smallest absolute Gasteiger partial charge is 0.234 e. The van der Waals surface area contributed by atoms with Crippen molar-refractivity contribution >= 4 is 23.4 Å². The van der Waals surface area contributed by atoms with Crippen LogP contribution in [-0.4, -0.2) is 60.4 Å². The van der Waals surface area contributed by atoms with Gasteiger partial charge in [0.2, 0.25) is 11.8 Å². The third-order valence-corrected chi connectivity index (χ3v) is 5.82. The Morgan fingerprint density at radius 3 is 2.50 bits per heavy atom. The fraction of sp³-hybridized carbons (Fsp3) is 0.600. The Kier molecular flexibility index (Phi) is 5.88. The fourth-order valence-corrected chi connectivity index (χ4v) is 3.76. The lowest BCUT2D eigenvalue weighted by Crippen LogP contribution is -2.53. The van der Waals surface area contributed by atoms with Crippen LogP contribution in [0.3, 0.4) is 0 Å². The van der Waals surface area contributed by atoms with Gasteiger partial charge in [0.05, 0.1) is 12.0 Å². The van der Waals surface area contributed by atoms with Crippen molar-refractivity contribution in [2.24, 2.45) is 0 Å². The Morgan fingerprint density at radius 2 is 1.92 bits per heavy atom. The molecule has 1 aromatic carbocycles. The fourth-order valence-electron chi connectivity index (χ4n) is 3.57. The Hall–Kier alpha value is -1.59. The maximum Gasteiger partial charge on any atom is 0.234 e. The largest absolute Gasteiger partial charge is 0.353 e. The molecule has 1 aromatic rings. The van der Waals surface area contributed by atoms with Crippen LogP contribution in [-0.2, 0) is 15.0 Å². The number of nitrogens with one attached hydrogen (secondary N) is 1. The minimum atomic E-state index is -0.374. The topological polar surface area (TPSA) is 52.7 Å². The number of benzene rings is 1. The number of hydrogen-bond donors (Lipinski definition) is 1. The van der Waals surface area contributed by atoms with E-state index >= 15 is 0 Å². The number of nitrogens with zero attached hydrogens (tertiary/aromatic N) is 2. The first kappa shape index (κ1) is 19.2. The second-order valence-electron chi connectivity index (χ2n) is 7.54. The zero-order valence-corrected chi connectivity index (χ0v) is 16.4. The first-order valence-corrected chi connectivity index (χ1v) is 9.89. The van der Waals surface area contributed by atoms with Crippen LogP contribution in [0.5, 0.6) is 0 Å². The highest BCUT2D eigenvalue weighted by molar-refractivity contribution is 6.30. The summed E-state index contributed by atoms with van der Waals surface area (Å²) in [6.45, 7) is 7.32. The van der Waals surface area contributed by atoms with Crippen LogP contribution in [0.1, 0.15) is 38.7 Å². The molecule has 0 spiro atoms. The molecule has 1 atom stereocenters. The molecule has 1 N–H and O–H groups in total. The molecule has 0 aromatic heterocycles. The van der Waals surface area contributed by atoms with Crippen LogP contribution in [0.25, 0.3) is 0 Å². The van der Waals surface area contributed by atoms with E-state index in [1.807, 2.05) is 36.1 Å². The van der Waals surface area contributed by atoms with E-state index in [-0.39, 0.29) is 23.3 Å². The van der Waals surface area contributed by atoms with E-state index in [1.54, 1.807) is 0 Å². The van der Waals surface area contributed by atoms with Crippen molar-refractivity contribution in [2.75, 3.05) is 32.7 Å². The minimum Gasteiger partial charge on any atom is -0.353 e. The molecule has 6 heteroatoms. The van der Waals surface area contributed by atoms with Gasteiger partial charge in [0.1, 0.15) is 0 Å². The molecule has 2 aliphatic rings. The van der Waals surface area contributed by atoms with Crippen molar-refractivity contribution in [2.45, 2.75) is 44.6 Å². The van der Waals surface area contributed by atoms with Crippen LogP contribution in [0.4, 0.5) is 0 Å². The molecule has 0 bridgehead atoms. The molecule has 1 aliphatic carbocycles. The maximum absolute atomic E-state index is 13.1. The predicted molar refractivity (Wildman–Crippen MR) is 103 cm³/mol. The van der Waals surface area contributed by atoms with Gasteiger partial charge in [0.15, 0.2) is 0 Å². The number of carbonyl (C=O) groups is 2. The summed E-state index contributed by atoms with van der Waals surface area (Å²) in [5.41, 5.74) is 0.659. The summed E-state index contributed by atoms with van der Waals surface area (Å²) in [5, 5.41) is 3.68. The van der Waals surface area contributed by atoms with E-state index in [9.17, 15) is 9.59 Å². The molecule has 26 heavy (non-hydrogen) atoms. The van der Waals surface area contributed by atoms with Crippen LogP contribution in [0.2, 0.25) is 5.02 Å². The number of carbonyl (C=O) groups excluding carboxylic acids is 2. The van der Waals surface area contributed by atoms with E-state index in [0.717, 1.165) is 37.9 Å². The highest BCUT2D eigenvalue weighted by Crippen LogP contribution is 2.50. The van der Waals surface area contributed by atoms with Gasteiger partial charge in [-0.3, -0.25) is 14.5 Å². The summed E-state index contributed by atoms with van der Waals surface area (Å²) in [6.07, 6.45) is 2.72. The minimum absolute atomic E-state index is 0.0664. The van der Waals surface area contributed by atoms with Gasteiger partial charge in [0.25, 0.3) is 0 Å². The zero-order chi connectivity index (χ0) is 18.7. The van der Waals surface area contributed by atoms with Crippen LogP contribution >= 0.6 is 11.6 Å². The van der Waals surface area contributed by atoms with E-state index < -0.39 is 0 Å². The molecule has 0 radical (unpaired) electrons. The van der Waals surface area contributed by atoms with Gasteiger partial charge in [-0.2, -0.15) is 0 Å². The maximum atomic E-state index is 13.1. The number of halogens is 1. The van der Waals surface area contributed by atoms with Crippen molar-refractivity contribution in [3.63, 3.8) is 0 Å². The summed E-state index contributed by atoms with van der Waals surface area (Å²) in [5.74, 6) is 0.278. The van der Waals surface area contributed by atoms with Gasteiger partial charge >= 0.3 is 0 Å². The summed E-state index contributed by atoms with van der Waals surface area (Å²) < 4.78 is 0. The molecule has 5 nitrogen and oxygen atoms in total. The predicted octanol–water partition coefficient (Wildman–Crippen LogP) is 2.43. The van der Waals surface area contributed by atoms with Crippen molar-refractivity contribution in [1.82, 2.24) is 15.1 Å². The van der Waals surface area contributed by atoms with Gasteiger partial charge < -0.3 is 10.2 Å². The van der Waals surface area contributed by atoms with Crippen molar-refractivity contribution in [3.05, 3.63) is 34.9 Å². The molecule has 142 valence electrons. The van der Waals surface area contributed by atoms with E-state index in [2.05, 4.69) is 17.1 Å². The first-order valence-electron chi connectivity index (χ1n) is 9.52. The zero-order valence-electron chi connectivity index (χ0n) is 15.6. The molecule has 1 aliphatic heterocycles. The second kappa shape index (κ2) is 7.97. The number of hydrogen-bond acceptors (Lipinski definition) is 3. The Morgan fingerprint density at radius 1 is 1.23 bits per heavy atom. The molecular formula is C20H28ClN3O2. The van der Waals surface area contributed by atoms with Crippen LogP contribution in [0.15, 0.2) is 24.3 Å². The van der Waals surface area contributed by atoms with Gasteiger partial charge in [-0.1, -0.05) is 30.7 Å². The summed E-state index contributed by atoms with van der Waals surface area (Å²) >= 11 is 6.11. The van der Waals surface area contributed by atoms with Crippen molar-refractivity contribution < 1.29 is 9.59 Å². The van der Waals surface area contributed by atoms with Gasteiger partial charge in [-0.05, 0) is 43.9 Å². The lowest BCUT2D eigenvalue weighted by Gasteiger charge is -2.36. The van der Waals surface area contributed by atoms with Crippen LogP contribution in [0, 0.1) is 0 Å². The highest BCUT2D eigenvalue weighted by Gasteiger charge is 2.53. The molecule has 1 heterocycles. The molecule has 2 amide bonds. The van der Waals surface area contributed by atoms with Crippen molar-refractivity contribution in [3.8, 4) is 0 Å². The van der Waals surface area contributed by atoms with E-state index in [0.29, 0.717) is 24.7 Å². The summed E-state index contributed by atoms with van der Waals surface area (Å²) in [6, 6.07) is 7.89. The second-order valence-corrected chi connectivity index (χ2v) is 7.97. The summed E-state index contributed by atoms with van der Waals surface area (Å²) in [4.78, 5) is 29.2. The van der Waals surface area contributed by atoms with Crippen LogP contribution < -0.4 is 5.32 Å². The van der Waals surface area contributed by atoms with Crippen molar-refractivity contribution in [1.29, 1.82) is 0 Å². The Labute approximate surface area is 160 Å². The third kappa shape index (κ3) is 4.21. The molecule has 1 saturated carbocycles. The number of amides is 2. The number of piperazine rings is 1. The molecule has 1 unspecified atom stereocenters. The SMILES string of the molecule is CCC(C)NC(=O)CN1CCN(C(=O)C2(c3cccc(Cl)c3)CC2)CC1. The van der Waals surface area contributed by atoms with Gasteiger partial charge in [-0.25, -0.2) is 0 Å². The molecule has 2 fully saturated rings. The monoisotopic (exact) mass is 377 g/mol. The lowest BCUT2D eigenvalue weighted by molar-refractivity contribution is -0.136. The standard InChI is InChI=1S/C20H28ClN3O2/c1-3-15(2)22-18(25)14-23-9-11-24(12-10-23)19(26)20(7-8-20)16-5-4-6-17(21)13-16/h4-6,13,15H,3,7-12,14H2,1-2H3,(H,22,25). The van der Waals surface area contributed by atoms with E-state index in [1.165, 1.54) is 0 Å². The summed E-state index contributed by atoms with van der Waals surface area (Å²) in [7, 11) is 0. The first-order chi connectivity index (χ1) is 12.4. The van der Waals surface area contributed by atoms with E-state index in [4.69, 9.17) is 11.6 Å². The number of rotatable bonds is 6.